The average Bonchev–Trinajstić information content (AvgIpc) is 2.87. The van der Waals surface area contributed by atoms with Crippen LogP contribution in [0.2, 0.25) is 0 Å². The molecule has 0 aromatic heterocycles. The van der Waals surface area contributed by atoms with Crippen LogP contribution in [0.15, 0.2) is 24.3 Å². The van der Waals surface area contributed by atoms with Crippen molar-refractivity contribution in [3.63, 3.8) is 0 Å². The minimum atomic E-state index is -0.486. The zero-order valence-electron chi connectivity index (χ0n) is 13.1. The summed E-state index contributed by atoms with van der Waals surface area (Å²) in [4.78, 5) is 2.21. The highest BCUT2D eigenvalue weighted by Gasteiger charge is 2.32. The van der Waals surface area contributed by atoms with Gasteiger partial charge in [-0.25, -0.2) is 4.39 Å². The topological polar surface area (TPSA) is 35.5 Å². The van der Waals surface area contributed by atoms with Crippen molar-refractivity contribution in [1.82, 2.24) is 10.2 Å². The van der Waals surface area contributed by atoms with Crippen molar-refractivity contribution in [2.45, 2.75) is 43.7 Å². The number of hydrogen-bond acceptors (Lipinski definition) is 3. The third kappa shape index (κ3) is 4.77. The fourth-order valence-corrected chi connectivity index (χ4v) is 3.29. The van der Waals surface area contributed by atoms with Gasteiger partial charge in [-0.2, -0.15) is 0 Å². The summed E-state index contributed by atoms with van der Waals surface area (Å²) in [6, 6.07) is 6.89. The molecule has 0 heterocycles. The Balaban J connectivity index is 1.83. The van der Waals surface area contributed by atoms with Crippen LogP contribution in [0, 0.1) is 5.82 Å². The summed E-state index contributed by atoms with van der Waals surface area (Å²) in [5.41, 5.74) is 0.617. The Morgan fingerprint density at radius 1 is 1.29 bits per heavy atom. The van der Waals surface area contributed by atoms with Gasteiger partial charge in [-0.3, -0.25) is 0 Å². The molecular formula is C17H27FN2O. The van der Waals surface area contributed by atoms with Gasteiger partial charge >= 0.3 is 0 Å². The summed E-state index contributed by atoms with van der Waals surface area (Å²) < 4.78 is 13.0. The number of likely N-dealkylation sites (N-methyl/N-ethyl adjacent to an activating group) is 1. The van der Waals surface area contributed by atoms with Crippen LogP contribution in [-0.2, 0) is 0 Å². The lowest BCUT2D eigenvalue weighted by molar-refractivity contribution is 0.0157. The van der Waals surface area contributed by atoms with Crippen molar-refractivity contribution < 1.29 is 9.50 Å². The second-order valence-electron chi connectivity index (χ2n) is 6.35. The Morgan fingerprint density at radius 2 is 1.90 bits per heavy atom. The lowest BCUT2D eigenvalue weighted by Gasteiger charge is -2.29. The van der Waals surface area contributed by atoms with Crippen molar-refractivity contribution in [3.8, 4) is 0 Å². The Bertz CT molecular complexity index is 429. The van der Waals surface area contributed by atoms with E-state index >= 15 is 0 Å². The van der Waals surface area contributed by atoms with Gasteiger partial charge in [0.1, 0.15) is 5.82 Å². The van der Waals surface area contributed by atoms with E-state index in [0.717, 1.165) is 50.8 Å². The Morgan fingerprint density at radius 3 is 2.48 bits per heavy atom. The Hall–Kier alpha value is -0.970. The number of nitrogens with one attached hydrogen (secondary N) is 1. The molecule has 1 saturated carbocycles. The molecule has 4 heteroatoms. The molecule has 0 amide bonds. The minimum Gasteiger partial charge on any atom is -0.389 e. The van der Waals surface area contributed by atoms with Gasteiger partial charge in [-0.15, -0.1) is 0 Å². The maximum Gasteiger partial charge on any atom is 0.123 e. The molecule has 3 nitrogen and oxygen atoms in total. The van der Waals surface area contributed by atoms with Gasteiger partial charge in [0.2, 0.25) is 0 Å². The molecule has 1 atom stereocenters. The molecule has 0 spiro atoms. The molecule has 1 aliphatic carbocycles. The second-order valence-corrected chi connectivity index (χ2v) is 6.35. The van der Waals surface area contributed by atoms with Crippen LogP contribution < -0.4 is 5.32 Å². The van der Waals surface area contributed by atoms with Crippen molar-refractivity contribution in [3.05, 3.63) is 35.6 Å². The van der Waals surface area contributed by atoms with Crippen molar-refractivity contribution >= 4 is 0 Å². The number of nitrogens with zero attached hydrogens (tertiary/aromatic N) is 1. The monoisotopic (exact) mass is 294 g/mol. The highest BCUT2D eigenvalue weighted by atomic mass is 19.1. The van der Waals surface area contributed by atoms with E-state index in [1.54, 1.807) is 0 Å². The number of aliphatic hydroxyl groups is 1. The normalized spacial score (nSPS) is 19.1. The summed E-state index contributed by atoms with van der Waals surface area (Å²) in [5.74, 6) is -0.200. The third-order valence-electron chi connectivity index (χ3n) is 4.52. The summed E-state index contributed by atoms with van der Waals surface area (Å²) in [7, 11) is 3.99. The van der Waals surface area contributed by atoms with Crippen LogP contribution in [0.5, 0.6) is 0 Å². The molecule has 21 heavy (non-hydrogen) atoms. The Labute approximate surface area is 127 Å². The average molecular weight is 294 g/mol. The highest BCUT2D eigenvalue weighted by Crippen LogP contribution is 2.30. The first kappa shape index (κ1) is 16.4. The van der Waals surface area contributed by atoms with Crippen molar-refractivity contribution in [1.29, 1.82) is 0 Å². The molecule has 1 unspecified atom stereocenters. The van der Waals surface area contributed by atoms with Gasteiger partial charge in [0, 0.05) is 12.6 Å². The summed E-state index contributed by atoms with van der Waals surface area (Å²) in [5, 5.41) is 13.7. The van der Waals surface area contributed by atoms with Gasteiger partial charge in [0.15, 0.2) is 0 Å². The zero-order valence-corrected chi connectivity index (χ0v) is 13.1. The van der Waals surface area contributed by atoms with Crippen molar-refractivity contribution in [2.24, 2.45) is 0 Å². The largest absolute Gasteiger partial charge is 0.389 e. The minimum absolute atomic E-state index is 0.200. The van der Waals surface area contributed by atoms with Crippen molar-refractivity contribution in [2.75, 3.05) is 27.2 Å². The Kier molecular flexibility index (Phi) is 5.73. The van der Waals surface area contributed by atoms with Gasteiger partial charge in [-0.05, 0) is 57.6 Å². The van der Waals surface area contributed by atoms with Crippen LogP contribution in [-0.4, -0.2) is 42.8 Å². The van der Waals surface area contributed by atoms with E-state index in [9.17, 15) is 9.50 Å². The predicted molar refractivity (Wildman–Crippen MR) is 83.7 cm³/mol. The molecule has 0 bridgehead atoms. The van der Waals surface area contributed by atoms with Crippen LogP contribution >= 0.6 is 0 Å². The number of rotatable bonds is 7. The van der Waals surface area contributed by atoms with E-state index in [0.29, 0.717) is 0 Å². The lowest BCUT2D eigenvalue weighted by atomic mass is 10.0. The maximum atomic E-state index is 13.0. The quantitative estimate of drug-likeness (QED) is 0.811. The second kappa shape index (κ2) is 7.34. The fraction of sp³-hybridized carbons (Fsp3) is 0.647. The summed E-state index contributed by atoms with van der Waals surface area (Å²) >= 11 is 0. The van der Waals surface area contributed by atoms with E-state index < -0.39 is 5.60 Å². The zero-order chi connectivity index (χ0) is 15.3. The van der Waals surface area contributed by atoms with Gasteiger partial charge in [-0.1, -0.05) is 25.0 Å². The molecule has 118 valence electrons. The smallest absolute Gasteiger partial charge is 0.123 e. The first-order valence-corrected chi connectivity index (χ1v) is 7.86. The fourth-order valence-electron chi connectivity index (χ4n) is 3.29. The summed E-state index contributed by atoms with van der Waals surface area (Å²) in [6.45, 7) is 1.65. The van der Waals surface area contributed by atoms with Gasteiger partial charge < -0.3 is 15.3 Å². The predicted octanol–water partition coefficient (Wildman–Crippen LogP) is 2.71. The number of halogens is 1. The maximum absolute atomic E-state index is 13.0. The van der Waals surface area contributed by atoms with Crippen LogP contribution in [0.1, 0.15) is 43.7 Å². The molecule has 1 fully saturated rings. The van der Waals surface area contributed by atoms with E-state index in [-0.39, 0.29) is 11.9 Å². The molecule has 1 aromatic rings. The molecule has 0 saturated heterocycles. The molecule has 0 aliphatic heterocycles. The van der Waals surface area contributed by atoms with E-state index in [2.05, 4.69) is 17.3 Å². The van der Waals surface area contributed by atoms with E-state index in [1.807, 2.05) is 19.2 Å². The van der Waals surface area contributed by atoms with Gasteiger partial charge in [0.25, 0.3) is 0 Å². The number of benzene rings is 1. The van der Waals surface area contributed by atoms with E-state index in [1.165, 1.54) is 12.1 Å². The number of hydrogen-bond donors (Lipinski definition) is 2. The molecule has 1 aliphatic rings. The first-order chi connectivity index (χ1) is 10.0. The molecule has 2 rings (SSSR count). The molecular weight excluding hydrogens is 267 g/mol. The molecule has 0 radical (unpaired) electrons. The van der Waals surface area contributed by atoms with Crippen LogP contribution in [0.3, 0.4) is 0 Å². The molecule has 1 aromatic carbocycles. The highest BCUT2D eigenvalue weighted by molar-refractivity contribution is 5.19. The first-order valence-electron chi connectivity index (χ1n) is 7.86. The van der Waals surface area contributed by atoms with E-state index in [4.69, 9.17) is 0 Å². The summed E-state index contributed by atoms with van der Waals surface area (Å²) in [6.07, 6.45) is 5.06. The SMILES string of the molecule is CNC(CCN(C)CC1(O)CCCC1)c1ccc(F)cc1. The van der Waals surface area contributed by atoms with Crippen LogP contribution in [0.25, 0.3) is 0 Å². The standard InChI is InChI=1S/C17H27FN2O/c1-19-16(14-5-7-15(18)8-6-14)9-12-20(2)13-17(21)10-3-4-11-17/h5-8,16,19,21H,3-4,9-13H2,1-2H3. The molecule has 2 N–H and O–H groups in total. The third-order valence-corrected chi connectivity index (χ3v) is 4.52. The van der Waals surface area contributed by atoms with Gasteiger partial charge in [0.05, 0.1) is 5.60 Å². The van der Waals surface area contributed by atoms with Crippen LogP contribution in [0.4, 0.5) is 4.39 Å². The lowest BCUT2D eigenvalue weighted by Crippen LogP contribution is -2.40.